The third kappa shape index (κ3) is 0.665. The van der Waals surface area contributed by atoms with E-state index in [-0.39, 0.29) is 0 Å². The van der Waals surface area contributed by atoms with E-state index in [4.69, 9.17) is 4.74 Å². The molecule has 0 saturated heterocycles. The number of aromatic nitrogens is 2. The molecule has 0 atom stereocenters. The lowest BCUT2D eigenvalue weighted by atomic mass is 10.5. The number of methoxy groups -OCH3 is 1. The summed E-state index contributed by atoms with van der Waals surface area (Å²) in [6, 6.07) is 0. The lowest BCUT2D eigenvalue weighted by Gasteiger charge is -1.90. The van der Waals surface area contributed by atoms with Gasteiger partial charge in [0.1, 0.15) is 0 Å². The standard InChI is InChI=1S/C5H7N2O/c1-4-5(8-2)3-6-7-4/h1-2H3,(H,6,7). The Morgan fingerprint density at radius 2 is 2.50 bits per heavy atom. The fraction of sp³-hybridized carbons (Fsp3) is 0.400. The van der Waals surface area contributed by atoms with Crippen LogP contribution < -0.4 is 4.74 Å². The van der Waals surface area contributed by atoms with Gasteiger partial charge in [0.2, 0.25) is 0 Å². The fourth-order valence-corrected chi connectivity index (χ4v) is 0.496. The Labute approximate surface area is 47.7 Å². The summed E-state index contributed by atoms with van der Waals surface area (Å²) >= 11 is 0. The van der Waals surface area contributed by atoms with Crippen LogP contribution in [0, 0.1) is 13.1 Å². The molecule has 0 aliphatic rings. The molecule has 1 heterocycles. The van der Waals surface area contributed by atoms with Crippen molar-refractivity contribution in [2.45, 2.75) is 6.92 Å². The highest BCUT2D eigenvalue weighted by molar-refractivity contribution is 5.19. The first-order valence-electron chi connectivity index (χ1n) is 2.31. The molecule has 0 aliphatic heterocycles. The van der Waals surface area contributed by atoms with Crippen LogP contribution in [-0.4, -0.2) is 17.3 Å². The first-order valence-corrected chi connectivity index (χ1v) is 2.31. The van der Waals surface area contributed by atoms with Gasteiger partial charge in [0, 0.05) is 0 Å². The molecular weight excluding hydrogens is 104 g/mol. The van der Waals surface area contributed by atoms with Gasteiger partial charge in [0.15, 0.2) is 11.9 Å². The number of rotatable bonds is 1. The topological polar surface area (TPSA) is 37.9 Å². The molecule has 1 aromatic rings. The molecule has 0 bridgehead atoms. The highest BCUT2D eigenvalue weighted by Gasteiger charge is 1.95. The average Bonchev–Trinajstić information content (AvgIpc) is 2.14. The number of hydrogen-bond donors (Lipinski definition) is 1. The van der Waals surface area contributed by atoms with Gasteiger partial charge in [0.25, 0.3) is 0 Å². The van der Waals surface area contributed by atoms with E-state index in [9.17, 15) is 0 Å². The van der Waals surface area contributed by atoms with Crippen molar-refractivity contribution in [3.63, 3.8) is 0 Å². The molecule has 0 spiro atoms. The van der Waals surface area contributed by atoms with Crippen molar-refractivity contribution in [3.05, 3.63) is 11.9 Å². The van der Waals surface area contributed by atoms with Crippen molar-refractivity contribution in [1.29, 1.82) is 0 Å². The van der Waals surface area contributed by atoms with Gasteiger partial charge in [-0.1, -0.05) is 0 Å². The minimum Gasteiger partial charge on any atom is -0.492 e. The van der Waals surface area contributed by atoms with Crippen LogP contribution in [0.4, 0.5) is 0 Å². The van der Waals surface area contributed by atoms with Crippen LogP contribution >= 0.6 is 0 Å². The van der Waals surface area contributed by atoms with Crippen LogP contribution in [0.15, 0.2) is 0 Å². The number of aryl methyl sites for hydroxylation is 1. The van der Waals surface area contributed by atoms with E-state index in [1.54, 1.807) is 7.11 Å². The molecular formula is C5H7N2O. The first-order chi connectivity index (χ1) is 3.84. The maximum Gasteiger partial charge on any atom is 0.169 e. The summed E-state index contributed by atoms with van der Waals surface area (Å²) in [5, 5.41) is 6.31. The van der Waals surface area contributed by atoms with Gasteiger partial charge in [-0.05, 0) is 6.92 Å². The quantitative estimate of drug-likeness (QED) is 0.574. The molecule has 43 valence electrons. The molecule has 1 rings (SSSR count). The zero-order valence-corrected chi connectivity index (χ0v) is 4.86. The van der Waals surface area contributed by atoms with Crippen LogP contribution in [0.1, 0.15) is 5.69 Å². The Bertz CT molecular complexity index is 171. The van der Waals surface area contributed by atoms with E-state index in [1.165, 1.54) is 0 Å². The van der Waals surface area contributed by atoms with E-state index in [0.717, 1.165) is 5.69 Å². The molecule has 0 unspecified atom stereocenters. The Morgan fingerprint density at radius 3 is 2.75 bits per heavy atom. The SMILES string of the molecule is COc1[c]n[nH]c1C. The van der Waals surface area contributed by atoms with Crippen LogP contribution in [0.3, 0.4) is 0 Å². The zero-order chi connectivity index (χ0) is 5.98. The van der Waals surface area contributed by atoms with Crippen LogP contribution in [0.5, 0.6) is 5.75 Å². The van der Waals surface area contributed by atoms with Crippen LogP contribution in [0.2, 0.25) is 0 Å². The highest BCUT2D eigenvalue weighted by atomic mass is 16.5. The van der Waals surface area contributed by atoms with Gasteiger partial charge in [-0.25, -0.2) is 0 Å². The van der Waals surface area contributed by atoms with Gasteiger partial charge in [-0.3, -0.25) is 5.10 Å². The summed E-state index contributed by atoms with van der Waals surface area (Å²) in [5.74, 6) is 0.685. The predicted molar refractivity (Wildman–Crippen MR) is 28.7 cm³/mol. The largest absolute Gasteiger partial charge is 0.492 e. The number of nitrogens with one attached hydrogen (secondary N) is 1. The maximum atomic E-state index is 4.84. The van der Waals surface area contributed by atoms with Crippen molar-refractivity contribution in [2.24, 2.45) is 0 Å². The number of H-pyrrole nitrogens is 1. The van der Waals surface area contributed by atoms with Crippen molar-refractivity contribution in [2.75, 3.05) is 7.11 Å². The molecule has 0 amide bonds. The van der Waals surface area contributed by atoms with Crippen LogP contribution in [0.25, 0.3) is 0 Å². The third-order valence-corrected chi connectivity index (χ3v) is 0.926. The molecule has 0 fully saturated rings. The number of aromatic amines is 1. The number of hydrogen-bond acceptors (Lipinski definition) is 2. The normalized spacial score (nSPS) is 9.25. The number of ether oxygens (including phenoxy) is 1. The van der Waals surface area contributed by atoms with E-state index in [2.05, 4.69) is 16.4 Å². The summed E-state index contributed by atoms with van der Waals surface area (Å²) in [6.07, 6.45) is 2.63. The van der Waals surface area contributed by atoms with E-state index < -0.39 is 0 Å². The maximum absolute atomic E-state index is 4.84. The minimum atomic E-state index is 0.685. The molecule has 3 heteroatoms. The Balaban J connectivity index is 2.92. The van der Waals surface area contributed by atoms with E-state index >= 15 is 0 Å². The highest BCUT2D eigenvalue weighted by Crippen LogP contribution is 2.09. The third-order valence-electron chi connectivity index (χ3n) is 0.926. The summed E-state index contributed by atoms with van der Waals surface area (Å²) in [7, 11) is 1.59. The second kappa shape index (κ2) is 1.86. The van der Waals surface area contributed by atoms with Gasteiger partial charge in [-0.2, -0.15) is 5.10 Å². The monoisotopic (exact) mass is 111 g/mol. The average molecular weight is 111 g/mol. The molecule has 0 aliphatic carbocycles. The van der Waals surface area contributed by atoms with Crippen molar-refractivity contribution in [3.8, 4) is 5.75 Å². The van der Waals surface area contributed by atoms with Crippen LogP contribution in [-0.2, 0) is 0 Å². The summed E-state index contributed by atoms with van der Waals surface area (Å²) < 4.78 is 4.84. The second-order valence-electron chi connectivity index (χ2n) is 1.49. The lowest BCUT2D eigenvalue weighted by molar-refractivity contribution is 0.411. The van der Waals surface area contributed by atoms with E-state index in [0.29, 0.717) is 5.75 Å². The molecule has 1 aromatic heterocycles. The van der Waals surface area contributed by atoms with Gasteiger partial charge in [-0.15, -0.1) is 0 Å². The molecule has 1 radical (unpaired) electrons. The molecule has 8 heavy (non-hydrogen) atoms. The van der Waals surface area contributed by atoms with Crippen molar-refractivity contribution < 1.29 is 4.74 Å². The first kappa shape index (κ1) is 5.15. The summed E-state index contributed by atoms with van der Waals surface area (Å²) in [6.45, 7) is 1.88. The van der Waals surface area contributed by atoms with E-state index in [1.807, 2.05) is 6.92 Å². The second-order valence-corrected chi connectivity index (χ2v) is 1.49. The summed E-state index contributed by atoms with van der Waals surface area (Å²) in [4.78, 5) is 0. The van der Waals surface area contributed by atoms with Gasteiger partial charge >= 0.3 is 0 Å². The molecule has 0 aromatic carbocycles. The Kier molecular flexibility index (Phi) is 1.20. The van der Waals surface area contributed by atoms with Crippen molar-refractivity contribution in [1.82, 2.24) is 10.2 Å². The molecule has 1 N–H and O–H groups in total. The molecule has 3 nitrogen and oxygen atoms in total. The Hall–Kier alpha value is -0.990. The fourth-order valence-electron chi connectivity index (χ4n) is 0.496. The Morgan fingerprint density at radius 1 is 1.75 bits per heavy atom. The predicted octanol–water partition coefficient (Wildman–Crippen LogP) is 0.527. The number of nitrogens with zero attached hydrogens (tertiary/aromatic N) is 1. The van der Waals surface area contributed by atoms with Gasteiger partial charge < -0.3 is 4.74 Å². The smallest absolute Gasteiger partial charge is 0.169 e. The van der Waals surface area contributed by atoms with Gasteiger partial charge in [0.05, 0.1) is 12.8 Å². The minimum absolute atomic E-state index is 0.685. The summed E-state index contributed by atoms with van der Waals surface area (Å²) in [5.41, 5.74) is 0.910. The molecule has 0 saturated carbocycles. The van der Waals surface area contributed by atoms with Crippen molar-refractivity contribution >= 4 is 0 Å². The zero-order valence-electron chi connectivity index (χ0n) is 4.86. The lowest BCUT2D eigenvalue weighted by Crippen LogP contribution is -1.81.